The van der Waals surface area contributed by atoms with E-state index in [0.717, 1.165) is 19.3 Å². The van der Waals surface area contributed by atoms with Crippen molar-refractivity contribution in [3.05, 3.63) is 29.8 Å². The summed E-state index contributed by atoms with van der Waals surface area (Å²) >= 11 is 0. The van der Waals surface area contributed by atoms with Crippen LogP contribution in [0.2, 0.25) is 0 Å². The molecule has 0 saturated carbocycles. The van der Waals surface area contributed by atoms with Crippen molar-refractivity contribution in [2.75, 3.05) is 32.9 Å². The maximum Gasteiger partial charge on any atom is 0.338 e. The Hall–Kier alpha value is -1.97. The van der Waals surface area contributed by atoms with Crippen molar-refractivity contribution < 1.29 is 27.5 Å². The largest absolute Gasteiger partial charge is 0.452 e. The third-order valence-corrected chi connectivity index (χ3v) is 7.42. The van der Waals surface area contributed by atoms with Gasteiger partial charge in [0.1, 0.15) is 0 Å². The highest BCUT2D eigenvalue weighted by Crippen LogP contribution is 2.23. The average molecular weight is 425 g/mol. The molecular formula is C20H28N2O6S. The molecule has 1 aromatic carbocycles. The molecule has 8 nitrogen and oxygen atoms in total. The van der Waals surface area contributed by atoms with Crippen LogP contribution in [0, 0.1) is 0 Å². The fourth-order valence-corrected chi connectivity index (χ4v) is 5.31. The zero-order valence-corrected chi connectivity index (χ0v) is 17.7. The predicted octanol–water partition coefficient (Wildman–Crippen LogP) is 1.65. The molecular weight excluding hydrogens is 396 g/mol. The molecule has 2 aliphatic rings. The van der Waals surface area contributed by atoms with E-state index in [4.69, 9.17) is 9.47 Å². The second-order valence-corrected chi connectivity index (χ2v) is 9.48. The number of likely N-dealkylation sites (tertiary alicyclic amines) is 1. The molecule has 0 spiro atoms. The first-order valence-electron chi connectivity index (χ1n) is 9.97. The normalized spacial score (nSPS) is 23.6. The second-order valence-electron chi connectivity index (χ2n) is 7.55. The molecule has 0 N–H and O–H groups in total. The minimum Gasteiger partial charge on any atom is -0.452 e. The number of nitrogens with zero attached hydrogens (tertiary/aromatic N) is 2. The van der Waals surface area contributed by atoms with Gasteiger partial charge >= 0.3 is 5.97 Å². The molecule has 0 aromatic heterocycles. The first-order chi connectivity index (χ1) is 13.8. The van der Waals surface area contributed by atoms with E-state index in [1.165, 1.54) is 28.6 Å². The number of esters is 1. The Morgan fingerprint density at radius 2 is 1.66 bits per heavy atom. The lowest BCUT2D eigenvalue weighted by molar-refractivity contribution is -0.140. The second kappa shape index (κ2) is 9.23. The van der Waals surface area contributed by atoms with Gasteiger partial charge in [0.15, 0.2) is 6.61 Å². The van der Waals surface area contributed by atoms with E-state index >= 15 is 0 Å². The number of amides is 1. The predicted molar refractivity (Wildman–Crippen MR) is 106 cm³/mol. The average Bonchev–Trinajstić information content (AvgIpc) is 2.72. The molecule has 2 heterocycles. The molecule has 0 radical (unpaired) electrons. The molecule has 0 aliphatic carbocycles. The number of sulfonamides is 1. The van der Waals surface area contributed by atoms with Gasteiger partial charge in [-0.05, 0) is 57.4 Å². The SMILES string of the molecule is C[C@H]1CCC[C@H](C)N1C(=O)COC(=O)c1ccc(S(=O)(=O)N2CCOCC2)cc1. The number of carbonyl (C=O) groups excluding carboxylic acids is 2. The highest BCUT2D eigenvalue weighted by Gasteiger charge is 2.30. The summed E-state index contributed by atoms with van der Waals surface area (Å²) in [5.41, 5.74) is 0.207. The van der Waals surface area contributed by atoms with E-state index < -0.39 is 16.0 Å². The van der Waals surface area contributed by atoms with E-state index in [-0.39, 0.29) is 35.1 Å². The van der Waals surface area contributed by atoms with Gasteiger partial charge in [-0.25, -0.2) is 13.2 Å². The minimum atomic E-state index is -3.62. The molecule has 2 aliphatic heterocycles. The zero-order chi connectivity index (χ0) is 21.0. The van der Waals surface area contributed by atoms with Crippen molar-refractivity contribution in [3.63, 3.8) is 0 Å². The molecule has 1 amide bonds. The molecule has 3 rings (SSSR count). The zero-order valence-electron chi connectivity index (χ0n) is 16.9. The van der Waals surface area contributed by atoms with Crippen molar-refractivity contribution >= 4 is 21.9 Å². The summed E-state index contributed by atoms with van der Waals surface area (Å²) in [5, 5.41) is 0. The number of carbonyl (C=O) groups is 2. The first-order valence-corrected chi connectivity index (χ1v) is 11.4. The molecule has 1 aromatic rings. The standard InChI is InChI=1S/C20H28N2O6S/c1-15-4-3-5-16(2)22(15)19(23)14-28-20(24)17-6-8-18(9-7-17)29(25,26)21-10-12-27-13-11-21/h6-9,15-16H,3-5,10-14H2,1-2H3/t15-,16-/m0/s1. The van der Waals surface area contributed by atoms with Crippen molar-refractivity contribution in [1.82, 2.24) is 9.21 Å². The molecule has 2 atom stereocenters. The molecule has 29 heavy (non-hydrogen) atoms. The van der Waals surface area contributed by atoms with Gasteiger partial charge in [0.05, 0.1) is 23.7 Å². The molecule has 2 saturated heterocycles. The highest BCUT2D eigenvalue weighted by molar-refractivity contribution is 7.89. The summed E-state index contributed by atoms with van der Waals surface area (Å²) in [4.78, 5) is 26.7. The van der Waals surface area contributed by atoms with Gasteiger partial charge in [-0.2, -0.15) is 4.31 Å². The fraction of sp³-hybridized carbons (Fsp3) is 0.600. The molecule has 9 heteroatoms. The van der Waals surface area contributed by atoms with E-state index in [0.29, 0.717) is 26.3 Å². The van der Waals surface area contributed by atoms with Crippen LogP contribution in [0.3, 0.4) is 0 Å². The Morgan fingerprint density at radius 1 is 1.07 bits per heavy atom. The topological polar surface area (TPSA) is 93.2 Å². The van der Waals surface area contributed by atoms with Gasteiger partial charge in [0.2, 0.25) is 10.0 Å². The smallest absolute Gasteiger partial charge is 0.338 e. The molecule has 0 bridgehead atoms. The van der Waals surface area contributed by atoms with Crippen LogP contribution in [0.1, 0.15) is 43.5 Å². The Kier molecular flexibility index (Phi) is 6.92. The van der Waals surface area contributed by atoms with Crippen LogP contribution in [-0.2, 0) is 24.3 Å². The minimum absolute atomic E-state index is 0.114. The molecule has 2 fully saturated rings. The lowest BCUT2D eigenvalue weighted by Gasteiger charge is -2.38. The Bertz CT molecular complexity index is 823. The monoisotopic (exact) mass is 424 g/mol. The lowest BCUT2D eigenvalue weighted by atomic mass is 9.97. The van der Waals surface area contributed by atoms with E-state index in [9.17, 15) is 18.0 Å². The van der Waals surface area contributed by atoms with Crippen molar-refractivity contribution in [1.29, 1.82) is 0 Å². The first kappa shape index (κ1) is 21.7. The lowest BCUT2D eigenvalue weighted by Crippen LogP contribution is -2.49. The summed E-state index contributed by atoms with van der Waals surface area (Å²) in [6.07, 6.45) is 2.98. The summed E-state index contributed by atoms with van der Waals surface area (Å²) in [6, 6.07) is 5.86. The van der Waals surface area contributed by atoms with E-state index in [1.54, 1.807) is 4.90 Å². The summed E-state index contributed by atoms with van der Waals surface area (Å²) in [5.74, 6) is -0.851. The van der Waals surface area contributed by atoms with Crippen LogP contribution < -0.4 is 0 Å². The number of hydrogen-bond donors (Lipinski definition) is 0. The van der Waals surface area contributed by atoms with Gasteiger partial charge in [0, 0.05) is 25.2 Å². The third-order valence-electron chi connectivity index (χ3n) is 5.51. The van der Waals surface area contributed by atoms with Crippen LogP contribution >= 0.6 is 0 Å². The number of morpholine rings is 1. The maximum absolute atomic E-state index is 12.6. The summed E-state index contributed by atoms with van der Waals surface area (Å²) in [7, 11) is -3.62. The number of ether oxygens (including phenoxy) is 2. The van der Waals surface area contributed by atoms with E-state index in [2.05, 4.69) is 0 Å². The number of hydrogen-bond acceptors (Lipinski definition) is 6. The number of benzene rings is 1. The summed E-state index contributed by atoms with van der Waals surface area (Å²) < 4.78 is 37.0. The Balaban J connectivity index is 1.59. The third kappa shape index (κ3) is 4.96. The summed E-state index contributed by atoms with van der Waals surface area (Å²) in [6.45, 7) is 5.04. The van der Waals surface area contributed by atoms with Gasteiger partial charge < -0.3 is 14.4 Å². The van der Waals surface area contributed by atoms with Crippen molar-refractivity contribution in [2.24, 2.45) is 0 Å². The van der Waals surface area contributed by atoms with Crippen LogP contribution in [0.15, 0.2) is 29.2 Å². The van der Waals surface area contributed by atoms with Crippen LogP contribution in [-0.4, -0.2) is 74.5 Å². The fourth-order valence-electron chi connectivity index (χ4n) is 3.90. The Morgan fingerprint density at radius 3 is 2.24 bits per heavy atom. The van der Waals surface area contributed by atoms with Crippen LogP contribution in [0.5, 0.6) is 0 Å². The number of piperidine rings is 1. The van der Waals surface area contributed by atoms with Crippen molar-refractivity contribution in [3.8, 4) is 0 Å². The van der Waals surface area contributed by atoms with Crippen LogP contribution in [0.25, 0.3) is 0 Å². The molecule has 160 valence electrons. The quantitative estimate of drug-likeness (QED) is 0.668. The van der Waals surface area contributed by atoms with Gasteiger partial charge in [-0.15, -0.1) is 0 Å². The number of rotatable bonds is 5. The maximum atomic E-state index is 12.6. The highest BCUT2D eigenvalue weighted by atomic mass is 32.2. The molecule has 0 unspecified atom stereocenters. The van der Waals surface area contributed by atoms with Crippen molar-refractivity contribution in [2.45, 2.75) is 50.1 Å². The van der Waals surface area contributed by atoms with Gasteiger partial charge in [-0.1, -0.05) is 0 Å². The Labute approximate surface area is 171 Å². The van der Waals surface area contributed by atoms with Gasteiger partial charge in [-0.3, -0.25) is 4.79 Å². The van der Waals surface area contributed by atoms with Crippen LogP contribution in [0.4, 0.5) is 0 Å². The van der Waals surface area contributed by atoms with E-state index in [1.807, 2.05) is 13.8 Å². The van der Waals surface area contributed by atoms with Gasteiger partial charge in [0.25, 0.3) is 5.91 Å².